The van der Waals surface area contributed by atoms with Crippen LogP contribution in [-0.2, 0) is 20.4 Å². The van der Waals surface area contributed by atoms with Crippen LogP contribution < -0.4 is 0 Å². The Morgan fingerprint density at radius 1 is 1.00 bits per heavy atom. The van der Waals surface area contributed by atoms with Gasteiger partial charge in [0.2, 0.25) is 0 Å². The molecule has 0 aliphatic rings. The van der Waals surface area contributed by atoms with Gasteiger partial charge in [-0.3, -0.25) is 11.3 Å². The zero-order valence-corrected chi connectivity index (χ0v) is 15.5. The Morgan fingerprint density at radius 3 is 2.17 bits per heavy atom. The molecule has 23 heavy (non-hydrogen) atoms. The minimum atomic E-state index is -0.375. The third kappa shape index (κ3) is 6.55. The van der Waals surface area contributed by atoms with Crippen LogP contribution >= 0.6 is 11.3 Å². The minimum absolute atomic E-state index is 0. The molecule has 1 aromatic heterocycles. The molecule has 0 saturated carbocycles. The molecule has 2 aromatic carbocycles. The largest absolute Gasteiger partial charge is 2.00 e. The van der Waals surface area contributed by atoms with E-state index in [-0.39, 0.29) is 32.6 Å². The summed E-state index contributed by atoms with van der Waals surface area (Å²) in [5, 5.41) is 18.3. The normalized spacial score (nSPS) is 12.7. The molecule has 3 aromatic rings. The van der Waals surface area contributed by atoms with Crippen LogP contribution in [0.4, 0.5) is 0 Å². The number of hydrogen-bond donors (Lipinski definition) is 2. The molecule has 0 saturated heterocycles. The third-order valence-corrected chi connectivity index (χ3v) is 4.09. The number of fused-ring (bicyclic) bond motifs is 1. The summed E-state index contributed by atoms with van der Waals surface area (Å²) in [5.74, 6) is 0. The molecular weight excluding hydrogens is 399 g/mol. The third-order valence-electron chi connectivity index (χ3n) is 2.98. The van der Waals surface area contributed by atoms with Gasteiger partial charge in [-0.05, 0) is 20.3 Å². The van der Waals surface area contributed by atoms with E-state index < -0.39 is 0 Å². The molecule has 0 fully saturated rings. The topological polar surface area (TPSA) is 40.5 Å². The van der Waals surface area contributed by atoms with Gasteiger partial charge >= 0.3 is 20.4 Å². The number of thiophene rings is 1. The SMILES string of the molecule is CC(O)CC(C)O.[Pd+2].[c-]1ccccc1-c1[c-]c2ccccc2s1. The Morgan fingerprint density at radius 2 is 1.65 bits per heavy atom. The van der Waals surface area contributed by atoms with Crippen LogP contribution in [0.5, 0.6) is 0 Å². The molecular formula is C19H20O2PdS. The minimum Gasteiger partial charge on any atom is -0.393 e. The van der Waals surface area contributed by atoms with Gasteiger partial charge < -0.3 is 10.2 Å². The summed E-state index contributed by atoms with van der Waals surface area (Å²) in [4.78, 5) is 1.16. The van der Waals surface area contributed by atoms with Crippen molar-refractivity contribution < 1.29 is 30.6 Å². The molecule has 3 rings (SSSR count). The molecule has 2 unspecified atom stereocenters. The second kappa shape index (κ2) is 9.97. The van der Waals surface area contributed by atoms with Gasteiger partial charge in [0, 0.05) is 0 Å². The van der Waals surface area contributed by atoms with Crippen LogP contribution in [0.15, 0.2) is 48.5 Å². The maximum atomic E-state index is 8.56. The van der Waals surface area contributed by atoms with E-state index in [1.54, 1.807) is 25.2 Å². The van der Waals surface area contributed by atoms with Crippen molar-refractivity contribution in [2.75, 3.05) is 0 Å². The monoisotopic (exact) mass is 418 g/mol. The molecule has 0 aliphatic carbocycles. The summed E-state index contributed by atoms with van der Waals surface area (Å²) < 4.78 is 1.28. The van der Waals surface area contributed by atoms with Crippen molar-refractivity contribution in [3.8, 4) is 10.4 Å². The molecule has 2 N–H and O–H groups in total. The predicted molar refractivity (Wildman–Crippen MR) is 92.9 cm³/mol. The van der Waals surface area contributed by atoms with Crippen molar-refractivity contribution in [1.82, 2.24) is 0 Å². The number of aliphatic hydroxyl groups is 2. The Kier molecular flexibility index (Phi) is 8.69. The average molecular weight is 419 g/mol. The molecule has 2 atom stereocenters. The molecule has 124 valence electrons. The van der Waals surface area contributed by atoms with Gasteiger partial charge in [-0.25, -0.2) is 5.56 Å². The molecule has 0 radical (unpaired) electrons. The van der Waals surface area contributed by atoms with E-state index in [9.17, 15) is 0 Å². The van der Waals surface area contributed by atoms with Gasteiger partial charge in [0.15, 0.2) is 0 Å². The maximum absolute atomic E-state index is 8.56. The van der Waals surface area contributed by atoms with Crippen LogP contribution in [0.3, 0.4) is 0 Å². The second-order valence-electron chi connectivity index (χ2n) is 5.26. The summed E-state index contributed by atoms with van der Waals surface area (Å²) in [6.07, 6.45) is -0.278. The van der Waals surface area contributed by atoms with Gasteiger partial charge in [-0.15, -0.1) is 28.5 Å². The molecule has 0 spiro atoms. The predicted octanol–water partition coefficient (Wildman–Crippen LogP) is 4.30. The van der Waals surface area contributed by atoms with Crippen LogP contribution in [0.1, 0.15) is 20.3 Å². The quantitative estimate of drug-likeness (QED) is 0.491. The van der Waals surface area contributed by atoms with Crippen LogP contribution in [-0.4, -0.2) is 22.4 Å². The van der Waals surface area contributed by atoms with Crippen molar-refractivity contribution in [3.05, 3.63) is 60.7 Å². The van der Waals surface area contributed by atoms with Crippen molar-refractivity contribution in [1.29, 1.82) is 0 Å². The van der Waals surface area contributed by atoms with Crippen molar-refractivity contribution in [2.24, 2.45) is 0 Å². The molecule has 0 amide bonds. The van der Waals surface area contributed by atoms with Crippen molar-refractivity contribution >= 4 is 21.4 Å². The van der Waals surface area contributed by atoms with Crippen LogP contribution in [0.2, 0.25) is 0 Å². The first-order chi connectivity index (χ1) is 10.6. The number of rotatable bonds is 3. The first kappa shape index (κ1) is 20.0. The number of hydrogen-bond acceptors (Lipinski definition) is 3. The van der Waals surface area contributed by atoms with Crippen LogP contribution in [0, 0.1) is 12.1 Å². The van der Waals surface area contributed by atoms with Crippen molar-refractivity contribution in [3.63, 3.8) is 0 Å². The summed E-state index contributed by atoms with van der Waals surface area (Å²) in [5.41, 5.74) is 1.12. The fourth-order valence-electron chi connectivity index (χ4n) is 2.07. The average Bonchev–Trinajstić information content (AvgIpc) is 2.91. The van der Waals surface area contributed by atoms with E-state index in [1.807, 2.05) is 24.3 Å². The van der Waals surface area contributed by atoms with Gasteiger partial charge in [0.25, 0.3) is 0 Å². The Balaban J connectivity index is 0.000000287. The van der Waals surface area contributed by atoms with Gasteiger partial charge in [0.1, 0.15) is 0 Å². The zero-order valence-electron chi connectivity index (χ0n) is 13.1. The second-order valence-corrected chi connectivity index (χ2v) is 6.31. The zero-order chi connectivity index (χ0) is 15.9. The smallest absolute Gasteiger partial charge is 0.393 e. The van der Waals surface area contributed by atoms with Crippen LogP contribution in [0.25, 0.3) is 20.5 Å². The van der Waals surface area contributed by atoms with E-state index >= 15 is 0 Å². The maximum Gasteiger partial charge on any atom is 2.00 e. The first-order valence-corrected chi connectivity index (χ1v) is 8.12. The molecule has 2 nitrogen and oxygen atoms in total. The summed E-state index contributed by atoms with van der Waals surface area (Å²) >= 11 is 1.76. The molecule has 1 heterocycles. The number of aliphatic hydroxyl groups excluding tert-OH is 2. The fourth-order valence-corrected chi connectivity index (χ4v) is 3.06. The first-order valence-electron chi connectivity index (χ1n) is 7.30. The molecule has 0 bridgehead atoms. The van der Waals surface area contributed by atoms with E-state index in [2.05, 4.69) is 36.4 Å². The van der Waals surface area contributed by atoms with E-state index in [4.69, 9.17) is 10.2 Å². The fraction of sp³-hybridized carbons (Fsp3) is 0.263. The summed E-state index contributed by atoms with van der Waals surface area (Å²) in [7, 11) is 0. The van der Waals surface area contributed by atoms with E-state index in [1.165, 1.54) is 10.1 Å². The van der Waals surface area contributed by atoms with E-state index in [0.29, 0.717) is 6.42 Å². The molecule has 4 heteroatoms. The Hall–Kier alpha value is -1.02. The molecule has 0 aliphatic heterocycles. The summed E-state index contributed by atoms with van der Waals surface area (Å²) in [6, 6.07) is 23.0. The Labute approximate surface area is 155 Å². The van der Waals surface area contributed by atoms with Gasteiger partial charge in [-0.2, -0.15) is 30.3 Å². The number of benzene rings is 2. The van der Waals surface area contributed by atoms with E-state index in [0.717, 1.165) is 10.4 Å². The Bertz CT molecular complexity index is 654. The van der Waals surface area contributed by atoms with Crippen molar-refractivity contribution in [2.45, 2.75) is 32.5 Å². The van der Waals surface area contributed by atoms with Gasteiger partial charge in [-0.1, -0.05) is 16.8 Å². The standard InChI is InChI=1S/C14H8S.C5H12O2.Pd/c1-2-6-11(7-3-1)14-10-12-8-4-5-9-13(12)15-14;1-4(6)3-5(2)7;/h1-6,8-9H;4-7H,3H2,1-2H3;/q-2;;+2. The summed E-state index contributed by atoms with van der Waals surface area (Å²) in [6.45, 7) is 3.32. The van der Waals surface area contributed by atoms with Gasteiger partial charge in [0.05, 0.1) is 12.2 Å².